The van der Waals surface area contributed by atoms with Gasteiger partial charge in [0.1, 0.15) is 17.2 Å². The van der Waals surface area contributed by atoms with Gasteiger partial charge in [-0.25, -0.2) is 13.6 Å². The molecule has 2 rings (SSSR count). The molecule has 0 heterocycles. The van der Waals surface area contributed by atoms with Crippen molar-refractivity contribution in [3.05, 3.63) is 48.0 Å². The van der Waals surface area contributed by atoms with Crippen LogP contribution in [0.3, 0.4) is 0 Å². The van der Waals surface area contributed by atoms with Crippen LogP contribution in [0.25, 0.3) is 0 Å². The average Bonchev–Trinajstić information content (AvgIpc) is 2.68. The van der Waals surface area contributed by atoms with Crippen LogP contribution in [0, 0.1) is 0 Å². The van der Waals surface area contributed by atoms with Crippen LogP contribution in [-0.4, -0.2) is 41.2 Å². The Labute approximate surface area is 184 Å². The number of para-hydroxylation sites is 2. The highest BCUT2D eigenvalue weighted by molar-refractivity contribution is 7.89. The summed E-state index contributed by atoms with van der Waals surface area (Å²) < 4.78 is 72.2. The van der Waals surface area contributed by atoms with Gasteiger partial charge in [0.05, 0.1) is 16.5 Å². The molecule has 7 nitrogen and oxygen atoms in total. The molecule has 0 fully saturated rings. The lowest BCUT2D eigenvalue weighted by atomic mass is 10.1. The summed E-state index contributed by atoms with van der Waals surface area (Å²) in [6.45, 7) is -1.59. The first kappa shape index (κ1) is 19.0. The van der Waals surface area contributed by atoms with Crippen LogP contribution in [0.4, 0.5) is 0 Å². The topological polar surface area (TPSA) is 99.9 Å². The third-order valence-corrected chi connectivity index (χ3v) is 4.69. The average molecular weight is 449 g/mol. The standard InChI is InChI=1S/C20H28N2O5S.ClH/c1-4-26-17-7-5-6-8-18(17)27-12-11-22-15(2)13-16-9-10-19(25-3)20(14-16)28(21,23)24;/h5-10,14-15,22H,4,11-13H2,1-3H3,(H2,21,23,24);1H/t15-;/m1./s1/i11D2,12D2;. The van der Waals surface area contributed by atoms with E-state index in [1.54, 1.807) is 38.1 Å². The third kappa shape index (κ3) is 7.74. The van der Waals surface area contributed by atoms with Gasteiger partial charge in [0.25, 0.3) is 0 Å². The van der Waals surface area contributed by atoms with Crippen molar-refractivity contribution < 1.29 is 28.1 Å². The summed E-state index contributed by atoms with van der Waals surface area (Å²) in [7, 11) is -2.69. The SMILES string of the molecule is Cl.[2H]C([2H])(N[C@H](C)Cc1ccc(OC)c(S(N)(=O)=O)c1)C([2H])([2H])Oc1ccccc1OCC. The van der Waals surface area contributed by atoms with E-state index >= 15 is 0 Å². The minimum atomic E-state index is -4.02. The molecular weight excluding hydrogens is 416 g/mol. The molecule has 0 saturated heterocycles. The molecule has 162 valence electrons. The monoisotopic (exact) mass is 448 g/mol. The van der Waals surface area contributed by atoms with E-state index in [0.29, 0.717) is 17.9 Å². The molecular formula is C20H29ClN2O5S. The largest absolute Gasteiger partial charge is 0.495 e. The molecule has 0 bridgehead atoms. The maximum Gasteiger partial charge on any atom is 0.241 e. The zero-order valence-electron chi connectivity index (χ0n) is 20.5. The predicted molar refractivity (Wildman–Crippen MR) is 116 cm³/mol. The van der Waals surface area contributed by atoms with Crippen LogP contribution in [0.2, 0.25) is 0 Å². The maximum absolute atomic E-state index is 11.8. The van der Waals surface area contributed by atoms with Crippen molar-refractivity contribution in [1.82, 2.24) is 5.32 Å². The Morgan fingerprint density at radius 1 is 1.14 bits per heavy atom. The van der Waals surface area contributed by atoms with Crippen molar-refractivity contribution in [3.63, 3.8) is 0 Å². The van der Waals surface area contributed by atoms with E-state index in [-0.39, 0.29) is 35.2 Å². The molecule has 0 aromatic heterocycles. The van der Waals surface area contributed by atoms with Gasteiger partial charge in [-0.05, 0) is 50.1 Å². The van der Waals surface area contributed by atoms with Gasteiger partial charge in [0.2, 0.25) is 10.0 Å². The van der Waals surface area contributed by atoms with E-state index in [0.717, 1.165) is 0 Å². The first-order valence-corrected chi connectivity index (χ1v) is 10.2. The molecule has 2 aromatic rings. The second kappa shape index (κ2) is 11.9. The van der Waals surface area contributed by atoms with Crippen molar-refractivity contribution in [1.29, 1.82) is 0 Å². The minimum Gasteiger partial charge on any atom is -0.495 e. The van der Waals surface area contributed by atoms with Crippen LogP contribution >= 0.6 is 12.4 Å². The van der Waals surface area contributed by atoms with Gasteiger partial charge in [-0.1, -0.05) is 18.2 Å². The molecule has 0 unspecified atom stereocenters. The van der Waals surface area contributed by atoms with Crippen LogP contribution < -0.4 is 24.7 Å². The number of halogens is 1. The molecule has 3 N–H and O–H groups in total. The number of methoxy groups -OCH3 is 1. The van der Waals surface area contributed by atoms with Crippen molar-refractivity contribution in [2.75, 3.05) is 26.8 Å². The maximum atomic E-state index is 11.8. The van der Waals surface area contributed by atoms with Gasteiger partial charge in [-0.3, -0.25) is 0 Å². The summed E-state index contributed by atoms with van der Waals surface area (Å²) in [6, 6.07) is 10.3. The van der Waals surface area contributed by atoms with Gasteiger partial charge < -0.3 is 19.5 Å². The normalized spacial score (nSPS) is 15.0. The minimum absolute atomic E-state index is 0. The predicted octanol–water partition coefficient (Wildman–Crippen LogP) is 2.76. The molecule has 0 spiro atoms. The molecule has 0 amide bonds. The Bertz CT molecular complexity index is 1040. The second-order valence-electron chi connectivity index (χ2n) is 5.99. The molecule has 0 saturated carbocycles. The fourth-order valence-electron chi connectivity index (χ4n) is 2.52. The van der Waals surface area contributed by atoms with E-state index in [4.69, 9.17) is 24.8 Å². The quantitative estimate of drug-likeness (QED) is 0.548. The Morgan fingerprint density at radius 2 is 1.79 bits per heavy atom. The van der Waals surface area contributed by atoms with Crippen molar-refractivity contribution in [3.8, 4) is 17.2 Å². The molecule has 2 aromatic carbocycles. The smallest absolute Gasteiger partial charge is 0.241 e. The Balaban J connectivity index is 0.00000544. The van der Waals surface area contributed by atoms with Crippen molar-refractivity contribution in [2.24, 2.45) is 5.14 Å². The number of hydrogen-bond acceptors (Lipinski definition) is 6. The number of primary sulfonamides is 1. The first-order chi connectivity index (χ1) is 14.8. The fraction of sp³-hybridized carbons (Fsp3) is 0.400. The molecule has 0 aliphatic rings. The molecule has 0 radical (unpaired) electrons. The summed E-state index contributed by atoms with van der Waals surface area (Å²) in [5.74, 6) is 0.479. The zero-order chi connectivity index (χ0) is 24.2. The number of benzene rings is 2. The van der Waals surface area contributed by atoms with Gasteiger partial charge in [0.15, 0.2) is 11.5 Å². The van der Waals surface area contributed by atoms with Crippen molar-refractivity contribution in [2.45, 2.75) is 31.2 Å². The van der Waals surface area contributed by atoms with Gasteiger partial charge in [-0.15, -0.1) is 12.4 Å². The highest BCUT2D eigenvalue weighted by atomic mass is 35.5. The molecule has 0 aliphatic carbocycles. The van der Waals surface area contributed by atoms with E-state index in [1.165, 1.54) is 25.3 Å². The Morgan fingerprint density at radius 3 is 2.38 bits per heavy atom. The summed E-state index contributed by atoms with van der Waals surface area (Å²) in [5.41, 5.74) is 0.550. The fourth-order valence-corrected chi connectivity index (χ4v) is 3.26. The molecule has 29 heavy (non-hydrogen) atoms. The lowest BCUT2D eigenvalue weighted by molar-refractivity contribution is 0.272. The molecule has 1 atom stereocenters. The van der Waals surface area contributed by atoms with Gasteiger partial charge >= 0.3 is 0 Å². The number of nitrogens with two attached hydrogens (primary N) is 1. The van der Waals surface area contributed by atoms with E-state index in [2.05, 4.69) is 5.32 Å². The van der Waals surface area contributed by atoms with Crippen LogP contribution in [0.5, 0.6) is 17.2 Å². The van der Waals surface area contributed by atoms with Crippen molar-refractivity contribution >= 4 is 22.4 Å². The van der Waals surface area contributed by atoms with Crippen LogP contribution in [-0.2, 0) is 16.4 Å². The number of sulfonamides is 1. The summed E-state index contributed by atoms with van der Waals surface area (Å²) >= 11 is 0. The third-order valence-electron chi connectivity index (χ3n) is 3.76. The summed E-state index contributed by atoms with van der Waals surface area (Å²) in [4.78, 5) is -0.182. The number of rotatable bonds is 11. The lowest BCUT2D eigenvalue weighted by Crippen LogP contribution is -2.32. The highest BCUT2D eigenvalue weighted by Crippen LogP contribution is 2.26. The number of hydrogen-bond donors (Lipinski definition) is 2. The second-order valence-corrected chi connectivity index (χ2v) is 7.52. The van der Waals surface area contributed by atoms with Gasteiger partial charge in [0, 0.05) is 15.3 Å². The Kier molecular flexibility index (Phi) is 7.77. The molecule has 0 aliphatic heterocycles. The summed E-state index contributed by atoms with van der Waals surface area (Å²) in [5, 5.41) is 7.82. The van der Waals surface area contributed by atoms with Crippen LogP contribution in [0.1, 0.15) is 24.9 Å². The number of ether oxygens (including phenoxy) is 3. The first-order valence-electron chi connectivity index (χ1n) is 10.7. The van der Waals surface area contributed by atoms with E-state index in [1.807, 2.05) is 0 Å². The van der Waals surface area contributed by atoms with Gasteiger partial charge in [-0.2, -0.15) is 0 Å². The summed E-state index contributed by atoms with van der Waals surface area (Å²) in [6.07, 6.45) is 0.192. The molecule has 9 heteroatoms. The lowest BCUT2D eigenvalue weighted by Gasteiger charge is -2.16. The number of nitrogens with one attached hydrogen (secondary N) is 1. The highest BCUT2D eigenvalue weighted by Gasteiger charge is 2.16. The van der Waals surface area contributed by atoms with E-state index < -0.39 is 29.1 Å². The Hall–Kier alpha value is -2.00. The zero-order valence-corrected chi connectivity index (χ0v) is 18.1. The van der Waals surface area contributed by atoms with E-state index in [9.17, 15) is 8.42 Å². The van der Waals surface area contributed by atoms with Crippen LogP contribution in [0.15, 0.2) is 47.4 Å².